The minimum Gasteiger partial charge on any atom is -0.421 e. The van der Waals surface area contributed by atoms with Crippen molar-refractivity contribution in [3.05, 3.63) is 4.13 Å². The average molecular weight is 587 g/mol. The van der Waals surface area contributed by atoms with Crippen LogP contribution < -0.4 is 5.32 Å². The van der Waals surface area contributed by atoms with Crippen LogP contribution in [0.4, 0.5) is 26.3 Å². The number of alkyl halides is 6. The van der Waals surface area contributed by atoms with E-state index in [1.807, 2.05) is 0 Å². The van der Waals surface area contributed by atoms with Crippen LogP contribution in [0.2, 0.25) is 13.1 Å². The third-order valence-corrected chi connectivity index (χ3v) is 8.89. The molecule has 0 spiro atoms. The molecule has 0 saturated carbocycles. The van der Waals surface area contributed by atoms with E-state index in [9.17, 15) is 43.2 Å². The fraction of sp³-hybridized carbons (Fsp3) is 1.00. The number of nitrogens with two attached hydrogens (primary N) is 1. The Morgan fingerprint density at radius 2 is 1.03 bits per heavy atom. The van der Waals surface area contributed by atoms with E-state index >= 15 is 0 Å². The first kappa shape index (κ1) is 36.1. The molecule has 0 aromatic carbocycles. The number of nitrogens with zero attached hydrogens (tertiary/aromatic N) is 1. The lowest BCUT2D eigenvalue weighted by atomic mass is 10.1. The Morgan fingerprint density at radius 1 is 0.706 bits per heavy atom. The predicted molar refractivity (Wildman–Crippen MR) is 125 cm³/mol. The lowest BCUT2D eigenvalue weighted by molar-refractivity contribution is -0.640. The third-order valence-electron chi connectivity index (χ3n) is 4.42. The van der Waals surface area contributed by atoms with Gasteiger partial charge in [-0.3, -0.25) is 0 Å². The zero-order chi connectivity index (χ0) is 27.1. The number of halogens is 7. The normalized spacial score (nSPS) is 13.5. The summed E-state index contributed by atoms with van der Waals surface area (Å²) in [6, 6.07) is 0. The van der Waals surface area contributed by atoms with Crippen molar-refractivity contribution in [3.8, 4) is 0 Å². The van der Waals surface area contributed by atoms with E-state index in [2.05, 4.69) is 25.3 Å². The predicted octanol–water partition coefficient (Wildman–Crippen LogP) is 5.90. The van der Waals surface area contributed by atoms with E-state index in [-0.39, 0.29) is 0 Å². The summed E-state index contributed by atoms with van der Waals surface area (Å²) in [6.45, 7) is 8.02. The van der Waals surface area contributed by atoms with Gasteiger partial charge in [0.05, 0.1) is 12.7 Å². The van der Waals surface area contributed by atoms with Crippen LogP contribution in [0, 0.1) is 0 Å². The van der Waals surface area contributed by atoms with Crippen LogP contribution in [0.25, 0.3) is 4.13 Å². The molecule has 0 heterocycles. The number of unbranched alkanes of at least 4 members (excludes halogenated alkanes) is 10. The van der Waals surface area contributed by atoms with E-state index in [1.54, 1.807) is 0 Å². The van der Waals surface area contributed by atoms with Crippen molar-refractivity contribution in [2.45, 2.75) is 102 Å². The summed E-state index contributed by atoms with van der Waals surface area (Å²) in [5.74, 6) is 0. The largest absolute Gasteiger partial charge is 0.480 e. The van der Waals surface area contributed by atoms with E-state index in [1.165, 1.54) is 83.3 Å². The third kappa shape index (κ3) is 19.1. The van der Waals surface area contributed by atoms with Gasteiger partial charge in [-0.2, -0.15) is 37.4 Å². The van der Waals surface area contributed by atoms with E-state index in [0.29, 0.717) is 0 Å². The number of rotatable bonds is 16. The summed E-state index contributed by atoms with van der Waals surface area (Å²) < 4.78 is 109. The van der Waals surface area contributed by atoms with Crippen LogP contribution >= 0.6 is 11.1 Å². The van der Waals surface area contributed by atoms with Gasteiger partial charge in [-0.15, -0.1) is 0 Å². The van der Waals surface area contributed by atoms with E-state index < -0.39 is 38.4 Å². The van der Waals surface area contributed by atoms with Crippen molar-refractivity contribution in [2.75, 3.05) is 12.7 Å². The topological polar surface area (TPSA) is 99.0 Å². The molecule has 0 atom stereocenters. The standard InChI is InChI=1S/C16H36ClNSi.C2F6NO4S2/c1-4-5-6-7-8-9-10-11-12-13-14-15-18-16-19(2,3)17;3-1(4,5)14(10,11)9-15(12,13)2(6,7)8/h18H,4-16H2,1-3H3;/q;-1/p+1. The molecule has 6 nitrogen and oxygen atoms in total. The second-order valence-corrected chi connectivity index (χ2v) is 18.8. The van der Waals surface area contributed by atoms with Crippen LogP contribution in [0.5, 0.6) is 0 Å². The van der Waals surface area contributed by atoms with Crippen molar-refractivity contribution < 1.29 is 48.5 Å². The average Bonchev–Trinajstić information content (AvgIpc) is 2.62. The highest BCUT2D eigenvalue weighted by Crippen LogP contribution is 2.36. The second kappa shape index (κ2) is 16.6. The Morgan fingerprint density at radius 3 is 1.32 bits per heavy atom. The summed E-state index contributed by atoms with van der Waals surface area (Å²) in [5.41, 5.74) is -12.4. The van der Waals surface area contributed by atoms with Crippen LogP contribution in [0.1, 0.15) is 77.6 Å². The number of hydrogen-bond acceptors (Lipinski definition) is 4. The number of hydrogen-bond donors (Lipinski definition) is 1. The fourth-order valence-corrected chi connectivity index (χ4v) is 5.54. The van der Waals surface area contributed by atoms with Crippen molar-refractivity contribution in [1.82, 2.24) is 0 Å². The Kier molecular flexibility index (Phi) is 17.6. The maximum Gasteiger partial charge on any atom is 0.480 e. The molecule has 0 aromatic rings. The van der Waals surface area contributed by atoms with Gasteiger partial charge in [-0.25, -0.2) is 16.8 Å². The van der Waals surface area contributed by atoms with Gasteiger partial charge >= 0.3 is 11.0 Å². The molecule has 0 aliphatic carbocycles. The van der Waals surface area contributed by atoms with Crippen LogP contribution in [0.15, 0.2) is 0 Å². The molecule has 208 valence electrons. The van der Waals surface area contributed by atoms with Crippen LogP contribution in [-0.2, 0) is 20.0 Å². The zero-order valence-electron chi connectivity index (χ0n) is 19.8. The van der Waals surface area contributed by atoms with Gasteiger partial charge < -0.3 is 9.44 Å². The molecule has 0 saturated heterocycles. The van der Waals surface area contributed by atoms with Gasteiger partial charge in [-0.1, -0.05) is 77.8 Å². The Balaban J connectivity index is 0. The molecule has 2 N–H and O–H groups in total. The molecule has 0 bridgehead atoms. The van der Waals surface area contributed by atoms with Crippen LogP contribution in [0.3, 0.4) is 0 Å². The molecular weight excluding hydrogens is 550 g/mol. The molecular formula is C18H37ClF6N2O4S2Si. The van der Waals surface area contributed by atoms with Crippen molar-refractivity contribution >= 4 is 38.5 Å². The highest BCUT2D eigenvalue weighted by Gasteiger charge is 2.46. The molecule has 0 fully saturated rings. The maximum absolute atomic E-state index is 11.4. The van der Waals surface area contributed by atoms with Crippen molar-refractivity contribution in [1.29, 1.82) is 0 Å². The first-order valence-corrected chi connectivity index (χ1v) is 18.2. The molecule has 0 amide bonds. The van der Waals surface area contributed by atoms with E-state index in [0.717, 1.165) is 4.13 Å². The van der Waals surface area contributed by atoms with Gasteiger partial charge in [0, 0.05) is 0 Å². The monoisotopic (exact) mass is 586 g/mol. The lowest BCUT2D eigenvalue weighted by Crippen LogP contribution is -2.88. The minimum absolute atomic E-state index is 0.778. The van der Waals surface area contributed by atoms with Crippen molar-refractivity contribution in [2.24, 2.45) is 0 Å². The quantitative estimate of drug-likeness (QED) is 0.105. The summed E-state index contributed by atoms with van der Waals surface area (Å²) in [7, 11) is -14.8. The Hall–Kier alpha value is -0.0931. The van der Waals surface area contributed by atoms with Crippen LogP contribution in [-0.4, -0.2) is 47.9 Å². The highest BCUT2D eigenvalue weighted by atomic mass is 35.6. The summed E-state index contributed by atoms with van der Waals surface area (Å²) in [6.07, 6.45) is 16.9. The molecule has 34 heavy (non-hydrogen) atoms. The Labute approximate surface area is 205 Å². The van der Waals surface area contributed by atoms with E-state index in [4.69, 9.17) is 11.1 Å². The Bertz CT molecular complexity index is 701. The second-order valence-electron chi connectivity index (χ2n) is 8.45. The number of quaternary nitrogens is 1. The summed E-state index contributed by atoms with van der Waals surface area (Å²) in [4.78, 5) is 0. The van der Waals surface area contributed by atoms with Gasteiger partial charge in [0.2, 0.25) is 7.38 Å². The minimum atomic E-state index is -6.72. The molecule has 16 heteroatoms. The molecule has 0 aliphatic rings. The maximum atomic E-state index is 11.4. The smallest absolute Gasteiger partial charge is 0.421 e. The molecule has 0 unspecified atom stereocenters. The lowest BCUT2D eigenvalue weighted by Gasteiger charge is -2.22. The molecule has 0 rings (SSSR count). The van der Waals surface area contributed by atoms with Gasteiger partial charge in [0.25, 0.3) is 0 Å². The fourth-order valence-electron chi connectivity index (χ4n) is 2.61. The first-order valence-electron chi connectivity index (χ1n) is 11.1. The first-order chi connectivity index (χ1) is 15.3. The molecule has 0 radical (unpaired) electrons. The van der Waals surface area contributed by atoms with Gasteiger partial charge in [0.15, 0.2) is 20.0 Å². The SMILES string of the molecule is CCCCCCCCCCCCC[NH2+]C[Si](C)(C)Cl.O=S(=O)([N-]S(=O)(=O)C(F)(F)F)C(F)(F)F. The molecule has 0 aliphatic heterocycles. The number of sulfonamides is 2. The highest BCUT2D eigenvalue weighted by molar-refractivity contribution is 8.13. The van der Waals surface area contributed by atoms with Crippen molar-refractivity contribution in [3.63, 3.8) is 0 Å². The molecule has 0 aromatic heterocycles. The zero-order valence-corrected chi connectivity index (χ0v) is 23.2. The van der Waals surface area contributed by atoms with Gasteiger partial charge in [-0.05, 0) is 12.8 Å². The summed E-state index contributed by atoms with van der Waals surface area (Å²) in [5, 5.41) is 2.42. The van der Waals surface area contributed by atoms with Gasteiger partial charge in [0.1, 0.15) is 0 Å². The summed E-state index contributed by atoms with van der Waals surface area (Å²) >= 11 is 6.28.